The molecule has 2 N–H and O–H groups in total. The number of rotatable bonds is 5. The number of carbonyl (C=O) groups is 1. The fraction of sp³-hybridized carbons (Fsp3) is 0.400. The Labute approximate surface area is 113 Å². The van der Waals surface area contributed by atoms with Crippen LogP contribution in [0, 0.1) is 0 Å². The smallest absolute Gasteiger partial charge is 0.256 e. The second-order valence-electron chi connectivity index (χ2n) is 4.92. The molecule has 0 saturated carbocycles. The van der Waals surface area contributed by atoms with Crippen LogP contribution in [0.4, 0.5) is 0 Å². The molecular formula is C15H20N2O2. The zero-order valence-corrected chi connectivity index (χ0v) is 11.4. The zero-order chi connectivity index (χ0) is 13.8. The highest BCUT2D eigenvalue weighted by atomic mass is 16.3. The molecule has 1 amide bonds. The first-order chi connectivity index (χ1) is 9.15. The minimum Gasteiger partial charge on any atom is -0.396 e. The van der Waals surface area contributed by atoms with Gasteiger partial charge >= 0.3 is 0 Å². The van der Waals surface area contributed by atoms with Gasteiger partial charge in [-0.2, -0.15) is 0 Å². The van der Waals surface area contributed by atoms with E-state index < -0.39 is 0 Å². The topological polar surface area (TPSA) is 56.3 Å². The van der Waals surface area contributed by atoms with Crippen molar-refractivity contribution in [2.75, 3.05) is 13.2 Å². The minimum absolute atomic E-state index is 0.0106. The number of carbonyl (C=O) groups excluding carboxylic acids is 1. The first kappa shape index (κ1) is 13.6. The lowest BCUT2D eigenvalue weighted by Gasteiger charge is -2.26. The Bertz CT molecular complexity index is 560. The number of hydrogen-bond donors (Lipinski definition) is 2. The van der Waals surface area contributed by atoms with E-state index in [0.29, 0.717) is 18.5 Å². The van der Waals surface area contributed by atoms with Gasteiger partial charge in [-0.05, 0) is 32.4 Å². The molecule has 0 radical (unpaired) electrons. The van der Waals surface area contributed by atoms with E-state index in [0.717, 1.165) is 10.9 Å². The van der Waals surface area contributed by atoms with Gasteiger partial charge in [0.2, 0.25) is 0 Å². The van der Waals surface area contributed by atoms with Gasteiger partial charge in [0.05, 0.1) is 11.1 Å². The number of nitrogens with zero attached hydrogens (tertiary/aromatic N) is 1. The molecular weight excluding hydrogens is 240 g/mol. The second kappa shape index (κ2) is 5.89. The number of hydrogen-bond acceptors (Lipinski definition) is 2. The number of benzene rings is 1. The van der Waals surface area contributed by atoms with Crippen LogP contribution in [0.1, 0.15) is 30.6 Å². The third-order valence-corrected chi connectivity index (χ3v) is 3.26. The summed E-state index contributed by atoms with van der Waals surface area (Å²) in [6.45, 7) is 4.65. The molecule has 0 bridgehead atoms. The van der Waals surface area contributed by atoms with Crippen LogP contribution in [0.25, 0.3) is 10.9 Å². The molecule has 2 rings (SSSR count). The van der Waals surface area contributed by atoms with Crippen molar-refractivity contribution in [2.24, 2.45) is 0 Å². The monoisotopic (exact) mass is 260 g/mol. The second-order valence-corrected chi connectivity index (χ2v) is 4.92. The van der Waals surface area contributed by atoms with E-state index in [1.165, 1.54) is 0 Å². The highest BCUT2D eigenvalue weighted by Gasteiger charge is 2.20. The number of para-hydroxylation sites is 1. The summed E-state index contributed by atoms with van der Waals surface area (Å²) in [6, 6.07) is 7.79. The molecule has 0 atom stereocenters. The summed E-state index contributed by atoms with van der Waals surface area (Å²) < 4.78 is 0. The molecule has 0 aliphatic heterocycles. The van der Waals surface area contributed by atoms with Crippen LogP contribution < -0.4 is 0 Å². The molecule has 0 aliphatic carbocycles. The van der Waals surface area contributed by atoms with Crippen molar-refractivity contribution in [3.05, 3.63) is 36.0 Å². The van der Waals surface area contributed by atoms with E-state index in [4.69, 9.17) is 5.11 Å². The average molecular weight is 260 g/mol. The quantitative estimate of drug-likeness (QED) is 0.867. The Kier molecular flexibility index (Phi) is 4.22. The fourth-order valence-corrected chi connectivity index (χ4v) is 2.25. The Morgan fingerprint density at radius 2 is 2.16 bits per heavy atom. The molecule has 1 aromatic carbocycles. The van der Waals surface area contributed by atoms with Crippen molar-refractivity contribution in [2.45, 2.75) is 26.3 Å². The van der Waals surface area contributed by atoms with Crippen LogP contribution >= 0.6 is 0 Å². The van der Waals surface area contributed by atoms with Gasteiger partial charge in [0.1, 0.15) is 0 Å². The van der Waals surface area contributed by atoms with Crippen molar-refractivity contribution in [1.29, 1.82) is 0 Å². The van der Waals surface area contributed by atoms with Crippen LogP contribution in [0.3, 0.4) is 0 Å². The molecule has 0 saturated heterocycles. The first-order valence-electron chi connectivity index (χ1n) is 6.63. The molecule has 0 aliphatic rings. The molecule has 1 aromatic heterocycles. The number of aromatic nitrogens is 1. The van der Waals surface area contributed by atoms with Crippen LogP contribution in [0.2, 0.25) is 0 Å². The summed E-state index contributed by atoms with van der Waals surface area (Å²) in [7, 11) is 0. The van der Waals surface area contributed by atoms with Gasteiger partial charge in [-0.25, -0.2) is 0 Å². The van der Waals surface area contributed by atoms with Gasteiger partial charge < -0.3 is 15.0 Å². The molecule has 19 heavy (non-hydrogen) atoms. The molecule has 4 nitrogen and oxygen atoms in total. The summed E-state index contributed by atoms with van der Waals surface area (Å²) in [6.07, 6.45) is 2.44. The number of aromatic amines is 1. The van der Waals surface area contributed by atoms with Crippen LogP contribution in [-0.4, -0.2) is 40.1 Å². The SMILES string of the molecule is CC(C)N(CCCO)C(=O)c1cccc2cc[nH]c12. The summed E-state index contributed by atoms with van der Waals surface area (Å²) in [5.41, 5.74) is 1.57. The largest absolute Gasteiger partial charge is 0.396 e. The highest BCUT2D eigenvalue weighted by Crippen LogP contribution is 2.19. The number of aliphatic hydroxyl groups is 1. The van der Waals surface area contributed by atoms with Crippen molar-refractivity contribution < 1.29 is 9.90 Å². The molecule has 102 valence electrons. The van der Waals surface area contributed by atoms with E-state index in [1.807, 2.05) is 44.3 Å². The van der Waals surface area contributed by atoms with Gasteiger partial charge in [-0.1, -0.05) is 12.1 Å². The predicted molar refractivity (Wildman–Crippen MR) is 76.2 cm³/mol. The number of nitrogens with one attached hydrogen (secondary N) is 1. The van der Waals surface area contributed by atoms with E-state index in [-0.39, 0.29) is 18.6 Å². The van der Waals surface area contributed by atoms with Gasteiger partial charge in [-0.3, -0.25) is 4.79 Å². The normalized spacial score (nSPS) is 11.2. The Hall–Kier alpha value is -1.81. The lowest BCUT2D eigenvalue weighted by Crippen LogP contribution is -2.38. The molecule has 1 heterocycles. The highest BCUT2D eigenvalue weighted by molar-refractivity contribution is 6.05. The standard InChI is InChI=1S/C15H20N2O2/c1-11(2)17(9-4-10-18)15(19)13-6-3-5-12-7-8-16-14(12)13/h3,5-8,11,16,18H,4,9-10H2,1-2H3. The maximum atomic E-state index is 12.6. The van der Waals surface area contributed by atoms with Crippen LogP contribution in [0.5, 0.6) is 0 Å². The number of amides is 1. The summed E-state index contributed by atoms with van der Waals surface area (Å²) in [5, 5.41) is 9.98. The van der Waals surface area contributed by atoms with Crippen molar-refractivity contribution in [3.63, 3.8) is 0 Å². The zero-order valence-electron chi connectivity index (χ0n) is 11.4. The van der Waals surface area contributed by atoms with E-state index in [1.54, 1.807) is 4.90 Å². The maximum Gasteiger partial charge on any atom is 0.256 e. The van der Waals surface area contributed by atoms with E-state index in [9.17, 15) is 4.79 Å². The Morgan fingerprint density at radius 1 is 1.37 bits per heavy atom. The van der Waals surface area contributed by atoms with Crippen molar-refractivity contribution >= 4 is 16.8 Å². The van der Waals surface area contributed by atoms with Crippen molar-refractivity contribution in [1.82, 2.24) is 9.88 Å². The fourth-order valence-electron chi connectivity index (χ4n) is 2.25. The third kappa shape index (κ3) is 2.79. The van der Waals surface area contributed by atoms with E-state index in [2.05, 4.69) is 4.98 Å². The summed E-state index contributed by atoms with van der Waals surface area (Å²) >= 11 is 0. The predicted octanol–water partition coefficient (Wildman–Crippen LogP) is 2.40. The van der Waals surface area contributed by atoms with Gasteiger partial charge in [0, 0.05) is 30.8 Å². The van der Waals surface area contributed by atoms with E-state index >= 15 is 0 Å². The Morgan fingerprint density at radius 3 is 2.84 bits per heavy atom. The number of aliphatic hydroxyl groups excluding tert-OH is 1. The Balaban J connectivity index is 2.33. The lowest BCUT2D eigenvalue weighted by molar-refractivity contribution is 0.0695. The molecule has 0 unspecified atom stereocenters. The third-order valence-electron chi connectivity index (χ3n) is 3.26. The van der Waals surface area contributed by atoms with Gasteiger partial charge in [0.15, 0.2) is 0 Å². The minimum atomic E-state index is 0.0106. The van der Waals surface area contributed by atoms with Gasteiger partial charge in [0.25, 0.3) is 5.91 Å². The molecule has 0 spiro atoms. The molecule has 2 aromatic rings. The molecule has 4 heteroatoms. The number of fused-ring (bicyclic) bond motifs is 1. The average Bonchev–Trinajstić information content (AvgIpc) is 2.86. The van der Waals surface area contributed by atoms with Crippen LogP contribution in [-0.2, 0) is 0 Å². The van der Waals surface area contributed by atoms with Crippen LogP contribution in [0.15, 0.2) is 30.5 Å². The van der Waals surface area contributed by atoms with Gasteiger partial charge in [-0.15, -0.1) is 0 Å². The number of H-pyrrole nitrogens is 1. The first-order valence-corrected chi connectivity index (χ1v) is 6.63. The maximum absolute atomic E-state index is 12.6. The summed E-state index contributed by atoms with van der Waals surface area (Å²) in [4.78, 5) is 17.5. The summed E-state index contributed by atoms with van der Waals surface area (Å²) in [5.74, 6) is 0.0106. The molecule has 0 fully saturated rings. The van der Waals surface area contributed by atoms with Crippen molar-refractivity contribution in [3.8, 4) is 0 Å². The lowest BCUT2D eigenvalue weighted by atomic mass is 10.1.